The summed E-state index contributed by atoms with van der Waals surface area (Å²) in [4.78, 5) is 29.4. The Morgan fingerprint density at radius 1 is 0.929 bits per heavy atom. The summed E-state index contributed by atoms with van der Waals surface area (Å²) in [6, 6.07) is 21.8. The standard InChI is InChI=1S/C33H42ClN3O4S/c1-24-13-10-11-16-27(24)23-36(30(32(39)35-33(3,4)5)21-26-14-8-7-9-15-26)31(38)17-12-20-37(42(6,40)41)29-22-28(34)19-18-25(29)2/h7-11,13-16,18-19,22,30H,12,17,20-21,23H2,1-6H3,(H,35,39)/t30-/m1/s1. The van der Waals surface area contributed by atoms with Gasteiger partial charge < -0.3 is 10.2 Å². The van der Waals surface area contributed by atoms with Crippen molar-refractivity contribution in [3.8, 4) is 0 Å². The highest BCUT2D eigenvalue weighted by Crippen LogP contribution is 2.27. The second kappa shape index (κ2) is 14.2. The zero-order valence-corrected chi connectivity index (χ0v) is 26.9. The van der Waals surface area contributed by atoms with Gasteiger partial charge in [-0.05, 0) is 75.4 Å². The molecular weight excluding hydrogens is 570 g/mol. The molecule has 9 heteroatoms. The van der Waals surface area contributed by atoms with Gasteiger partial charge in [-0.15, -0.1) is 0 Å². The van der Waals surface area contributed by atoms with Crippen LogP contribution in [0.5, 0.6) is 0 Å². The van der Waals surface area contributed by atoms with E-state index < -0.39 is 21.6 Å². The first-order valence-corrected chi connectivity index (χ1v) is 16.3. The number of hydrogen-bond donors (Lipinski definition) is 1. The Balaban J connectivity index is 1.93. The van der Waals surface area contributed by atoms with Crippen LogP contribution in [0.4, 0.5) is 5.69 Å². The van der Waals surface area contributed by atoms with Gasteiger partial charge in [-0.25, -0.2) is 8.42 Å². The smallest absolute Gasteiger partial charge is 0.243 e. The van der Waals surface area contributed by atoms with E-state index in [1.807, 2.05) is 89.2 Å². The molecule has 0 fully saturated rings. The minimum atomic E-state index is -3.63. The number of sulfonamides is 1. The lowest BCUT2D eigenvalue weighted by molar-refractivity contribution is -0.142. The fourth-order valence-electron chi connectivity index (χ4n) is 4.81. The molecule has 7 nitrogen and oxygen atoms in total. The van der Waals surface area contributed by atoms with Gasteiger partial charge in [0, 0.05) is 36.5 Å². The van der Waals surface area contributed by atoms with Gasteiger partial charge in [-0.2, -0.15) is 0 Å². The molecule has 0 aliphatic heterocycles. The van der Waals surface area contributed by atoms with Crippen LogP contribution >= 0.6 is 11.6 Å². The van der Waals surface area contributed by atoms with Gasteiger partial charge in [-0.1, -0.05) is 72.3 Å². The number of carbonyl (C=O) groups excluding carboxylic acids is 2. The highest BCUT2D eigenvalue weighted by molar-refractivity contribution is 7.92. The van der Waals surface area contributed by atoms with E-state index in [-0.39, 0.29) is 37.7 Å². The van der Waals surface area contributed by atoms with E-state index in [1.165, 1.54) is 4.31 Å². The van der Waals surface area contributed by atoms with Gasteiger partial charge in [0.1, 0.15) is 6.04 Å². The van der Waals surface area contributed by atoms with Crippen molar-refractivity contribution in [1.82, 2.24) is 10.2 Å². The van der Waals surface area contributed by atoms with Crippen molar-refractivity contribution in [3.05, 3.63) is 100 Å². The predicted molar refractivity (Wildman–Crippen MR) is 171 cm³/mol. The topological polar surface area (TPSA) is 86.8 Å². The summed E-state index contributed by atoms with van der Waals surface area (Å²) >= 11 is 6.18. The van der Waals surface area contributed by atoms with E-state index in [0.717, 1.165) is 28.5 Å². The van der Waals surface area contributed by atoms with Gasteiger partial charge in [-0.3, -0.25) is 13.9 Å². The Hall–Kier alpha value is -3.36. The molecular formula is C33H42ClN3O4S. The molecule has 0 aliphatic carbocycles. The van der Waals surface area contributed by atoms with Crippen LogP contribution in [0.1, 0.15) is 55.9 Å². The zero-order chi connectivity index (χ0) is 31.1. The fourth-order valence-corrected chi connectivity index (χ4v) is 5.99. The lowest BCUT2D eigenvalue weighted by Gasteiger charge is -2.34. The van der Waals surface area contributed by atoms with Gasteiger partial charge in [0.25, 0.3) is 0 Å². The van der Waals surface area contributed by atoms with Crippen molar-refractivity contribution in [2.45, 2.75) is 72.0 Å². The number of halogens is 1. The molecule has 0 saturated carbocycles. The lowest BCUT2D eigenvalue weighted by Crippen LogP contribution is -2.54. The summed E-state index contributed by atoms with van der Waals surface area (Å²) < 4.78 is 26.8. The van der Waals surface area contributed by atoms with Crippen molar-refractivity contribution in [2.24, 2.45) is 0 Å². The number of aryl methyl sites for hydroxylation is 2. The Labute approximate surface area is 255 Å². The largest absolute Gasteiger partial charge is 0.350 e. The van der Waals surface area contributed by atoms with Crippen LogP contribution in [0.15, 0.2) is 72.8 Å². The van der Waals surface area contributed by atoms with Crippen LogP contribution in [0, 0.1) is 13.8 Å². The van der Waals surface area contributed by atoms with E-state index in [1.54, 1.807) is 23.1 Å². The van der Waals surface area contributed by atoms with Gasteiger partial charge >= 0.3 is 0 Å². The summed E-state index contributed by atoms with van der Waals surface area (Å²) in [5.74, 6) is -0.458. The fraction of sp³-hybridized carbons (Fsp3) is 0.394. The average molecular weight is 612 g/mol. The van der Waals surface area contributed by atoms with Crippen LogP contribution < -0.4 is 9.62 Å². The van der Waals surface area contributed by atoms with Crippen molar-refractivity contribution in [1.29, 1.82) is 0 Å². The van der Waals surface area contributed by atoms with E-state index in [0.29, 0.717) is 17.1 Å². The van der Waals surface area contributed by atoms with Crippen molar-refractivity contribution < 1.29 is 18.0 Å². The maximum Gasteiger partial charge on any atom is 0.243 e. The number of nitrogens with zero attached hydrogens (tertiary/aromatic N) is 2. The molecule has 1 atom stereocenters. The SMILES string of the molecule is Cc1ccccc1CN(C(=O)CCCN(c1cc(Cl)ccc1C)S(C)(=O)=O)[C@H](Cc1ccccc1)C(=O)NC(C)(C)C. The first-order valence-electron chi connectivity index (χ1n) is 14.1. The number of carbonyl (C=O) groups is 2. The summed E-state index contributed by atoms with van der Waals surface area (Å²) in [5, 5.41) is 3.50. The molecule has 226 valence electrons. The number of nitrogens with one attached hydrogen (secondary N) is 1. The first-order chi connectivity index (χ1) is 19.7. The molecule has 0 saturated heterocycles. The van der Waals surface area contributed by atoms with Crippen LogP contribution in [0.25, 0.3) is 0 Å². The molecule has 3 rings (SSSR count). The molecule has 0 unspecified atom stereocenters. The van der Waals surface area contributed by atoms with E-state index in [4.69, 9.17) is 11.6 Å². The number of rotatable bonds is 12. The minimum absolute atomic E-state index is 0.0611. The molecule has 0 heterocycles. The Bertz CT molecular complexity index is 1490. The summed E-state index contributed by atoms with van der Waals surface area (Å²) in [6.07, 6.45) is 1.82. The molecule has 1 N–H and O–H groups in total. The quantitative estimate of drug-likeness (QED) is 0.270. The van der Waals surface area contributed by atoms with Crippen molar-refractivity contribution in [2.75, 3.05) is 17.1 Å². The Kier molecular flexibility index (Phi) is 11.2. The third kappa shape index (κ3) is 9.60. The molecule has 42 heavy (non-hydrogen) atoms. The highest BCUT2D eigenvalue weighted by atomic mass is 35.5. The Morgan fingerprint density at radius 2 is 1.57 bits per heavy atom. The van der Waals surface area contributed by atoms with Gasteiger partial charge in [0.15, 0.2) is 0 Å². The van der Waals surface area contributed by atoms with E-state index in [2.05, 4.69) is 5.32 Å². The summed E-state index contributed by atoms with van der Waals surface area (Å²) in [7, 11) is -3.63. The third-order valence-corrected chi connectivity index (χ3v) is 8.38. The van der Waals surface area contributed by atoms with Gasteiger partial charge in [0.05, 0.1) is 11.9 Å². The van der Waals surface area contributed by atoms with Crippen LogP contribution in [-0.4, -0.2) is 49.5 Å². The zero-order valence-electron chi connectivity index (χ0n) is 25.4. The molecule has 0 aliphatic rings. The van der Waals surface area contributed by atoms with E-state index in [9.17, 15) is 18.0 Å². The normalized spacial score (nSPS) is 12.5. The number of amides is 2. The molecule has 0 bridgehead atoms. The van der Waals surface area contributed by atoms with Crippen molar-refractivity contribution in [3.63, 3.8) is 0 Å². The Morgan fingerprint density at radius 3 is 2.19 bits per heavy atom. The molecule has 0 radical (unpaired) electrons. The maximum atomic E-state index is 14.0. The highest BCUT2D eigenvalue weighted by Gasteiger charge is 2.32. The molecule has 2 amide bonds. The third-order valence-electron chi connectivity index (χ3n) is 6.96. The monoisotopic (exact) mass is 611 g/mol. The number of benzene rings is 3. The molecule has 3 aromatic rings. The van der Waals surface area contributed by atoms with E-state index >= 15 is 0 Å². The molecule has 3 aromatic carbocycles. The summed E-state index contributed by atoms with van der Waals surface area (Å²) in [5.41, 5.74) is 3.66. The minimum Gasteiger partial charge on any atom is -0.350 e. The molecule has 0 aromatic heterocycles. The molecule has 0 spiro atoms. The van der Waals surface area contributed by atoms with Gasteiger partial charge in [0.2, 0.25) is 21.8 Å². The lowest BCUT2D eigenvalue weighted by atomic mass is 9.99. The predicted octanol–water partition coefficient (Wildman–Crippen LogP) is 6.06. The summed E-state index contributed by atoms with van der Waals surface area (Å²) in [6.45, 7) is 9.89. The first kappa shape index (κ1) is 33.1. The van der Waals surface area contributed by atoms with Crippen LogP contribution in [0.3, 0.4) is 0 Å². The van der Waals surface area contributed by atoms with Crippen LogP contribution in [-0.2, 0) is 32.6 Å². The average Bonchev–Trinajstić information content (AvgIpc) is 2.90. The second-order valence-corrected chi connectivity index (χ2v) is 14.1. The van der Waals surface area contributed by atoms with Crippen LogP contribution in [0.2, 0.25) is 5.02 Å². The maximum absolute atomic E-state index is 14.0. The van der Waals surface area contributed by atoms with Crippen molar-refractivity contribution >= 4 is 39.1 Å². The number of anilines is 1. The number of hydrogen-bond acceptors (Lipinski definition) is 4. The second-order valence-electron chi connectivity index (χ2n) is 11.8.